The molecule has 0 saturated carbocycles. The van der Waals surface area contributed by atoms with Crippen molar-refractivity contribution in [3.8, 4) is 0 Å². The van der Waals surface area contributed by atoms with Crippen LogP contribution in [-0.4, -0.2) is 4.21 Å². The summed E-state index contributed by atoms with van der Waals surface area (Å²) in [6.45, 7) is 8.68. The zero-order valence-corrected chi connectivity index (χ0v) is 14.2. The van der Waals surface area contributed by atoms with Crippen LogP contribution in [0.1, 0.15) is 43.0 Å². The molecule has 0 spiro atoms. The van der Waals surface area contributed by atoms with Crippen LogP contribution in [0.3, 0.4) is 0 Å². The van der Waals surface area contributed by atoms with E-state index in [1.54, 1.807) is 0 Å². The average molecular weight is 300 g/mol. The Balaban J connectivity index is 1.98. The third-order valence-corrected chi connectivity index (χ3v) is 4.91. The summed E-state index contributed by atoms with van der Waals surface area (Å²) in [4.78, 5) is 0. The predicted molar refractivity (Wildman–Crippen MR) is 91.9 cm³/mol. The van der Waals surface area contributed by atoms with E-state index in [2.05, 4.69) is 76.2 Å². The molecule has 2 aromatic rings. The number of hydrogen-bond acceptors (Lipinski definition) is 1. The molecule has 21 heavy (non-hydrogen) atoms. The monoisotopic (exact) mass is 300 g/mol. The molecule has 2 rings (SSSR count). The zero-order valence-electron chi connectivity index (χ0n) is 13.3. The van der Waals surface area contributed by atoms with Crippen LogP contribution in [0.2, 0.25) is 0 Å². The first-order valence-electron chi connectivity index (χ1n) is 7.34. The minimum atomic E-state index is -0.856. The summed E-state index contributed by atoms with van der Waals surface area (Å²) in [5, 5.41) is 0. The molecule has 0 bridgehead atoms. The largest absolute Gasteiger partial charge is 0.259 e. The molecular formula is C19H24OS. The quantitative estimate of drug-likeness (QED) is 0.797. The van der Waals surface area contributed by atoms with Gasteiger partial charge in [0.2, 0.25) is 0 Å². The second kappa shape index (κ2) is 6.57. The molecule has 0 aliphatic heterocycles. The Morgan fingerprint density at radius 3 is 1.67 bits per heavy atom. The first-order chi connectivity index (χ1) is 9.84. The summed E-state index contributed by atoms with van der Waals surface area (Å²) < 4.78 is 12.3. The SMILES string of the molecule is Cc1ccc(C[S@](=O)Cc2ccc(C(C)(C)C)cc2)cc1. The fraction of sp³-hybridized carbons (Fsp3) is 0.368. The summed E-state index contributed by atoms with van der Waals surface area (Å²) in [6.07, 6.45) is 0. The van der Waals surface area contributed by atoms with Gasteiger partial charge in [-0.15, -0.1) is 0 Å². The Bertz CT molecular complexity index is 604. The number of benzene rings is 2. The van der Waals surface area contributed by atoms with Crippen molar-refractivity contribution < 1.29 is 4.21 Å². The predicted octanol–water partition coefficient (Wildman–Crippen LogP) is 4.74. The van der Waals surface area contributed by atoms with Gasteiger partial charge in [0.05, 0.1) is 0 Å². The lowest BCUT2D eigenvalue weighted by atomic mass is 9.87. The van der Waals surface area contributed by atoms with Crippen LogP contribution in [0.5, 0.6) is 0 Å². The molecule has 1 atom stereocenters. The van der Waals surface area contributed by atoms with Crippen LogP contribution in [-0.2, 0) is 27.7 Å². The summed E-state index contributed by atoms with van der Waals surface area (Å²) in [6, 6.07) is 16.8. The van der Waals surface area contributed by atoms with Crippen LogP contribution in [0.4, 0.5) is 0 Å². The molecule has 0 aliphatic carbocycles. The molecule has 0 heterocycles. The van der Waals surface area contributed by atoms with Crippen LogP contribution < -0.4 is 0 Å². The van der Waals surface area contributed by atoms with Gasteiger partial charge in [-0.05, 0) is 29.0 Å². The maximum atomic E-state index is 12.3. The second-order valence-corrected chi connectivity index (χ2v) is 8.12. The Morgan fingerprint density at radius 2 is 1.24 bits per heavy atom. The molecule has 1 nitrogen and oxygen atoms in total. The zero-order chi connectivity index (χ0) is 15.5. The van der Waals surface area contributed by atoms with Gasteiger partial charge in [-0.25, -0.2) is 0 Å². The highest BCUT2D eigenvalue weighted by Gasteiger charge is 2.13. The normalized spacial score (nSPS) is 13.1. The van der Waals surface area contributed by atoms with Gasteiger partial charge in [0, 0.05) is 22.3 Å². The number of hydrogen-bond donors (Lipinski definition) is 0. The minimum absolute atomic E-state index is 0.166. The van der Waals surface area contributed by atoms with Gasteiger partial charge in [-0.2, -0.15) is 0 Å². The molecule has 112 valence electrons. The molecule has 0 unspecified atom stereocenters. The molecule has 0 saturated heterocycles. The minimum Gasteiger partial charge on any atom is -0.259 e. The van der Waals surface area contributed by atoms with Crippen molar-refractivity contribution in [3.63, 3.8) is 0 Å². The lowest BCUT2D eigenvalue weighted by Crippen LogP contribution is -2.10. The highest BCUT2D eigenvalue weighted by molar-refractivity contribution is 7.83. The molecule has 0 amide bonds. The maximum Gasteiger partial charge on any atom is 0.0489 e. The molecule has 0 aromatic heterocycles. The molecular weight excluding hydrogens is 276 g/mol. The number of rotatable bonds is 4. The first-order valence-corrected chi connectivity index (χ1v) is 8.83. The summed E-state index contributed by atoms with van der Waals surface area (Å²) >= 11 is 0. The van der Waals surface area contributed by atoms with Crippen LogP contribution in [0.15, 0.2) is 48.5 Å². The summed E-state index contributed by atoms with van der Waals surface area (Å²) in [7, 11) is -0.856. The van der Waals surface area contributed by atoms with E-state index in [4.69, 9.17) is 0 Å². The lowest BCUT2D eigenvalue weighted by Gasteiger charge is -2.19. The van der Waals surface area contributed by atoms with Crippen LogP contribution >= 0.6 is 0 Å². The van der Waals surface area contributed by atoms with E-state index < -0.39 is 10.8 Å². The molecule has 0 fully saturated rings. The van der Waals surface area contributed by atoms with Gasteiger partial charge in [0.25, 0.3) is 0 Å². The van der Waals surface area contributed by atoms with Gasteiger partial charge in [0.1, 0.15) is 0 Å². The van der Waals surface area contributed by atoms with Crippen LogP contribution in [0.25, 0.3) is 0 Å². The van der Waals surface area contributed by atoms with Crippen molar-refractivity contribution in [2.75, 3.05) is 0 Å². The van der Waals surface area contributed by atoms with E-state index in [-0.39, 0.29) is 5.41 Å². The van der Waals surface area contributed by atoms with Gasteiger partial charge in [0.15, 0.2) is 0 Å². The van der Waals surface area contributed by atoms with E-state index in [1.165, 1.54) is 11.1 Å². The Labute approximate surface area is 130 Å². The lowest BCUT2D eigenvalue weighted by molar-refractivity contribution is 0.590. The van der Waals surface area contributed by atoms with Gasteiger partial charge in [-0.1, -0.05) is 74.9 Å². The van der Waals surface area contributed by atoms with Crippen LogP contribution in [0, 0.1) is 6.92 Å². The fourth-order valence-corrected chi connectivity index (χ4v) is 3.44. The van der Waals surface area contributed by atoms with Crippen molar-refractivity contribution in [1.29, 1.82) is 0 Å². The van der Waals surface area contributed by atoms with Gasteiger partial charge in [-0.3, -0.25) is 4.21 Å². The van der Waals surface area contributed by atoms with E-state index in [0.29, 0.717) is 11.5 Å². The molecule has 0 aliphatic rings. The van der Waals surface area contributed by atoms with Crippen molar-refractivity contribution in [1.82, 2.24) is 0 Å². The van der Waals surface area contributed by atoms with E-state index >= 15 is 0 Å². The molecule has 2 heteroatoms. The second-order valence-electron chi connectivity index (χ2n) is 6.66. The van der Waals surface area contributed by atoms with Crippen molar-refractivity contribution in [2.24, 2.45) is 0 Å². The van der Waals surface area contributed by atoms with Gasteiger partial charge >= 0.3 is 0 Å². The maximum absolute atomic E-state index is 12.3. The van der Waals surface area contributed by atoms with E-state index in [0.717, 1.165) is 11.1 Å². The highest BCUT2D eigenvalue weighted by atomic mass is 32.2. The smallest absolute Gasteiger partial charge is 0.0489 e. The Hall–Kier alpha value is -1.41. The number of aryl methyl sites for hydroxylation is 1. The topological polar surface area (TPSA) is 17.1 Å². The third kappa shape index (κ3) is 4.82. The molecule has 0 N–H and O–H groups in total. The Morgan fingerprint density at radius 1 is 0.810 bits per heavy atom. The summed E-state index contributed by atoms with van der Waals surface area (Å²) in [5.74, 6) is 1.25. The summed E-state index contributed by atoms with van der Waals surface area (Å²) in [5.41, 5.74) is 5.01. The third-order valence-electron chi connectivity index (χ3n) is 3.60. The first kappa shape index (κ1) is 16.0. The van der Waals surface area contributed by atoms with Crippen molar-refractivity contribution in [2.45, 2.75) is 44.6 Å². The van der Waals surface area contributed by atoms with E-state index in [9.17, 15) is 4.21 Å². The molecule has 0 radical (unpaired) electrons. The fourth-order valence-electron chi connectivity index (χ4n) is 2.21. The standard InChI is InChI=1S/C19H24OS/c1-15-5-7-16(8-6-15)13-21(20)14-17-9-11-18(12-10-17)19(2,3)4/h5-12H,13-14H2,1-4H3/t21-/m0/s1. The molecule has 2 aromatic carbocycles. The van der Waals surface area contributed by atoms with Crippen molar-refractivity contribution >= 4 is 10.8 Å². The van der Waals surface area contributed by atoms with Crippen molar-refractivity contribution in [3.05, 3.63) is 70.8 Å². The average Bonchev–Trinajstić information content (AvgIpc) is 2.41. The highest BCUT2D eigenvalue weighted by Crippen LogP contribution is 2.22. The Kier molecular flexibility index (Phi) is 5.00. The van der Waals surface area contributed by atoms with Gasteiger partial charge < -0.3 is 0 Å². The van der Waals surface area contributed by atoms with E-state index in [1.807, 2.05) is 0 Å².